The smallest absolute Gasteiger partial charge is 0.321 e. The fourth-order valence-electron chi connectivity index (χ4n) is 2.20. The Morgan fingerprint density at radius 2 is 1.96 bits per heavy atom. The van der Waals surface area contributed by atoms with E-state index in [2.05, 4.69) is 5.32 Å². The van der Waals surface area contributed by atoms with Gasteiger partial charge in [-0.3, -0.25) is 10.1 Å². The van der Waals surface area contributed by atoms with Gasteiger partial charge in [-0.1, -0.05) is 35.3 Å². The minimum absolute atomic E-state index is 0.0238. The van der Waals surface area contributed by atoms with E-state index in [9.17, 15) is 4.79 Å². The first kappa shape index (κ1) is 16.5. The van der Waals surface area contributed by atoms with Crippen molar-refractivity contribution < 1.29 is 14.6 Å². The summed E-state index contributed by atoms with van der Waals surface area (Å²) in [5.41, 5.74) is 1.01. The summed E-state index contributed by atoms with van der Waals surface area (Å²) in [6.07, 6.45) is 0. The standard InChI is InChI=1S/C16H13Cl2NO3S/c17-10-3-6-14(12(18)7-10)22-11-4-1-9(2-5-11)15-19-13(8-23-15)16(20)21/h1-7,13,15,19H,8H2,(H,20,21). The van der Waals surface area contributed by atoms with Gasteiger partial charge < -0.3 is 9.84 Å². The second kappa shape index (κ2) is 7.01. The summed E-state index contributed by atoms with van der Waals surface area (Å²) in [4.78, 5) is 11.0. The van der Waals surface area contributed by atoms with Crippen molar-refractivity contribution in [2.75, 3.05) is 5.75 Å². The predicted molar refractivity (Wildman–Crippen MR) is 92.7 cm³/mol. The molecule has 0 aliphatic carbocycles. The number of rotatable bonds is 4. The molecule has 2 aromatic carbocycles. The Hall–Kier alpha value is -1.40. The highest BCUT2D eigenvalue weighted by Crippen LogP contribution is 2.35. The molecule has 0 aromatic heterocycles. The van der Waals surface area contributed by atoms with Gasteiger partial charge in [0.25, 0.3) is 0 Å². The Morgan fingerprint density at radius 1 is 1.22 bits per heavy atom. The van der Waals surface area contributed by atoms with Gasteiger partial charge in [-0.25, -0.2) is 0 Å². The first-order valence-corrected chi connectivity index (χ1v) is 8.67. The van der Waals surface area contributed by atoms with Crippen LogP contribution in [0.25, 0.3) is 0 Å². The largest absolute Gasteiger partial charge is 0.480 e. The molecule has 0 amide bonds. The van der Waals surface area contributed by atoms with Gasteiger partial charge >= 0.3 is 5.97 Å². The quantitative estimate of drug-likeness (QED) is 0.826. The zero-order valence-electron chi connectivity index (χ0n) is 11.8. The van der Waals surface area contributed by atoms with Crippen LogP contribution in [0.5, 0.6) is 11.5 Å². The summed E-state index contributed by atoms with van der Waals surface area (Å²) in [6, 6.07) is 12.0. The molecule has 0 spiro atoms. The highest BCUT2D eigenvalue weighted by atomic mass is 35.5. The molecule has 2 unspecified atom stereocenters. The van der Waals surface area contributed by atoms with Gasteiger partial charge in [0.15, 0.2) is 0 Å². The molecule has 2 aromatic rings. The maximum atomic E-state index is 11.0. The monoisotopic (exact) mass is 369 g/mol. The Kier molecular flexibility index (Phi) is 5.02. The second-order valence-electron chi connectivity index (χ2n) is 5.02. The predicted octanol–water partition coefficient (Wildman–Crippen LogP) is 4.57. The lowest BCUT2D eigenvalue weighted by molar-refractivity contribution is -0.138. The molecule has 1 saturated heterocycles. The van der Waals surface area contributed by atoms with E-state index < -0.39 is 12.0 Å². The normalized spacial score (nSPS) is 20.4. The molecule has 3 rings (SSSR count). The molecule has 120 valence electrons. The molecule has 2 N–H and O–H groups in total. The summed E-state index contributed by atoms with van der Waals surface area (Å²) < 4.78 is 5.73. The number of nitrogens with one attached hydrogen (secondary N) is 1. The highest BCUT2D eigenvalue weighted by Gasteiger charge is 2.30. The third kappa shape index (κ3) is 3.93. The van der Waals surface area contributed by atoms with E-state index in [1.807, 2.05) is 24.3 Å². The first-order valence-electron chi connectivity index (χ1n) is 6.86. The van der Waals surface area contributed by atoms with E-state index >= 15 is 0 Å². The summed E-state index contributed by atoms with van der Waals surface area (Å²) in [5, 5.41) is 13.1. The Bertz CT molecular complexity index is 724. The number of hydrogen-bond acceptors (Lipinski definition) is 4. The van der Waals surface area contributed by atoms with E-state index in [0.29, 0.717) is 27.3 Å². The summed E-state index contributed by atoms with van der Waals surface area (Å²) in [7, 11) is 0. The lowest BCUT2D eigenvalue weighted by atomic mass is 10.2. The van der Waals surface area contributed by atoms with Crippen LogP contribution in [0, 0.1) is 0 Å². The molecule has 0 radical (unpaired) electrons. The summed E-state index contributed by atoms with van der Waals surface area (Å²) >= 11 is 13.5. The third-order valence-corrected chi connectivity index (χ3v) is 5.18. The van der Waals surface area contributed by atoms with Crippen molar-refractivity contribution in [2.45, 2.75) is 11.4 Å². The van der Waals surface area contributed by atoms with Gasteiger partial charge in [-0.05, 0) is 35.9 Å². The van der Waals surface area contributed by atoms with Gasteiger partial charge in [0.05, 0.1) is 10.4 Å². The van der Waals surface area contributed by atoms with Crippen LogP contribution in [0.3, 0.4) is 0 Å². The van der Waals surface area contributed by atoms with Crippen molar-refractivity contribution in [1.29, 1.82) is 0 Å². The molecule has 0 saturated carbocycles. The lowest BCUT2D eigenvalue weighted by Gasteiger charge is -2.13. The second-order valence-corrected chi connectivity index (χ2v) is 7.00. The van der Waals surface area contributed by atoms with Crippen LogP contribution in [-0.4, -0.2) is 22.9 Å². The number of hydrogen-bond donors (Lipinski definition) is 2. The molecular weight excluding hydrogens is 357 g/mol. The highest BCUT2D eigenvalue weighted by molar-refractivity contribution is 7.99. The summed E-state index contributed by atoms with van der Waals surface area (Å²) in [5.74, 6) is 0.912. The zero-order chi connectivity index (χ0) is 16.4. The number of halogens is 2. The van der Waals surface area contributed by atoms with Crippen molar-refractivity contribution in [1.82, 2.24) is 5.32 Å². The molecule has 1 heterocycles. The Labute approximate surface area is 147 Å². The molecule has 1 fully saturated rings. The molecule has 23 heavy (non-hydrogen) atoms. The number of thioether (sulfide) groups is 1. The maximum Gasteiger partial charge on any atom is 0.321 e. The van der Waals surface area contributed by atoms with Crippen LogP contribution in [0.1, 0.15) is 10.9 Å². The Morgan fingerprint density at radius 3 is 2.57 bits per heavy atom. The molecule has 0 bridgehead atoms. The first-order chi connectivity index (χ1) is 11.0. The average Bonchev–Trinajstić information content (AvgIpc) is 3.01. The molecule has 1 aliphatic rings. The van der Waals surface area contributed by atoms with E-state index in [-0.39, 0.29) is 5.37 Å². The number of ether oxygens (including phenoxy) is 1. The van der Waals surface area contributed by atoms with Crippen molar-refractivity contribution in [3.63, 3.8) is 0 Å². The number of benzene rings is 2. The van der Waals surface area contributed by atoms with Crippen LogP contribution in [-0.2, 0) is 4.79 Å². The van der Waals surface area contributed by atoms with Crippen molar-refractivity contribution in [3.05, 3.63) is 58.1 Å². The number of carboxylic acid groups (broad SMARTS) is 1. The van der Waals surface area contributed by atoms with E-state index in [1.54, 1.807) is 30.0 Å². The van der Waals surface area contributed by atoms with Crippen LogP contribution < -0.4 is 10.1 Å². The zero-order valence-corrected chi connectivity index (χ0v) is 14.2. The van der Waals surface area contributed by atoms with E-state index in [1.165, 1.54) is 0 Å². The molecule has 4 nitrogen and oxygen atoms in total. The van der Waals surface area contributed by atoms with Crippen molar-refractivity contribution in [2.24, 2.45) is 0 Å². The SMILES string of the molecule is O=C(O)C1CSC(c2ccc(Oc3ccc(Cl)cc3Cl)cc2)N1. The average molecular weight is 370 g/mol. The van der Waals surface area contributed by atoms with Crippen molar-refractivity contribution >= 4 is 40.9 Å². The van der Waals surface area contributed by atoms with Gasteiger partial charge in [-0.2, -0.15) is 0 Å². The van der Waals surface area contributed by atoms with Crippen LogP contribution in [0.4, 0.5) is 0 Å². The van der Waals surface area contributed by atoms with Gasteiger partial charge in [0.2, 0.25) is 0 Å². The van der Waals surface area contributed by atoms with E-state index in [0.717, 1.165) is 5.56 Å². The van der Waals surface area contributed by atoms with Crippen LogP contribution in [0.2, 0.25) is 10.0 Å². The molecule has 2 atom stereocenters. The molecular formula is C16H13Cl2NO3S. The third-order valence-electron chi connectivity index (χ3n) is 3.38. The van der Waals surface area contributed by atoms with Gasteiger partial charge in [-0.15, -0.1) is 11.8 Å². The summed E-state index contributed by atoms with van der Waals surface area (Å²) in [6.45, 7) is 0. The van der Waals surface area contributed by atoms with E-state index in [4.69, 9.17) is 33.0 Å². The van der Waals surface area contributed by atoms with Gasteiger partial charge in [0, 0.05) is 10.8 Å². The number of carboxylic acids is 1. The lowest BCUT2D eigenvalue weighted by Crippen LogP contribution is -2.33. The van der Waals surface area contributed by atoms with Crippen LogP contribution >= 0.6 is 35.0 Å². The Balaban J connectivity index is 1.69. The van der Waals surface area contributed by atoms with Crippen LogP contribution in [0.15, 0.2) is 42.5 Å². The maximum absolute atomic E-state index is 11.0. The molecule has 7 heteroatoms. The molecule has 1 aliphatic heterocycles. The topological polar surface area (TPSA) is 58.6 Å². The van der Waals surface area contributed by atoms with Crippen molar-refractivity contribution in [3.8, 4) is 11.5 Å². The van der Waals surface area contributed by atoms with Gasteiger partial charge in [0.1, 0.15) is 17.5 Å². The number of carbonyl (C=O) groups is 1. The number of aliphatic carboxylic acids is 1. The minimum atomic E-state index is -0.822. The fourth-order valence-corrected chi connectivity index (χ4v) is 3.88. The fraction of sp³-hybridized carbons (Fsp3) is 0.188. The minimum Gasteiger partial charge on any atom is -0.480 e.